The van der Waals surface area contributed by atoms with Crippen molar-refractivity contribution in [3.05, 3.63) is 28.8 Å². The molecule has 19 heavy (non-hydrogen) atoms. The zero-order chi connectivity index (χ0) is 14.3. The Labute approximate surface area is 118 Å². The van der Waals surface area contributed by atoms with Crippen LogP contribution < -0.4 is 5.32 Å². The van der Waals surface area contributed by atoms with E-state index in [2.05, 4.69) is 5.32 Å². The highest BCUT2D eigenvalue weighted by Gasteiger charge is 2.10. The van der Waals surface area contributed by atoms with Gasteiger partial charge in [0.05, 0.1) is 6.42 Å². The number of amides is 1. The number of carbonyl (C=O) groups excluding carboxylic acids is 1. The molecule has 0 aliphatic heterocycles. The van der Waals surface area contributed by atoms with Crippen LogP contribution in [0.2, 0.25) is 5.02 Å². The van der Waals surface area contributed by atoms with Crippen molar-refractivity contribution >= 4 is 17.5 Å². The quantitative estimate of drug-likeness (QED) is 0.719. The first-order valence-corrected chi connectivity index (χ1v) is 6.79. The molecule has 4 nitrogen and oxygen atoms in total. The lowest BCUT2D eigenvalue weighted by Gasteiger charge is -2.14. The molecular formula is C14H20ClNO3. The Morgan fingerprint density at radius 1 is 1.47 bits per heavy atom. The molecule has 0 heterocycles. The SMILES string of the molecule is CCC(CCO)CNC(=O)Cc1ccc(O)cc1Cl. The summed E-state index contributed by atoms with van der Waals surface area (Å²) in [6.45, 7) is 2.73. The minimum Gasteiger partial charge on any atom is -0.508 e. The van der Waals surface area contributed by atoms with E-state index in [4.69, 9.17) is 16.7 Å². The molecule has 0 spiro atoms. The van der Waals surface area contributed by atoms with Crippen LogP contribution in [0.1, 0.15) is 25.3 Å². The summed E-state index contributed by atoms with van der Waals surface area (Å²) in [4.78, 5) is 11.8. The largest absolute Gasteiger partial charge is 0.508 e. The molecule has 1 aromatic carbocycles. The Morgan fingerprint density at radius 3 is 2.79 bits per heavy atom. The molecule has 0 aromatic heterocycles. The highest BCUT2D eigenvalue weighted by Crippen LogP contribution is 2.21. The smallest absolute Gasteiger partial charge is 0.224 e. The van der Waals surface area contributed by atoms with Crippen LogP contribution in [-0.4, -0.2) is 29.3 Å². The number of benzene rings is 1. The van der Waals surface area contributed by atoms with Gasteiger partial charge in [-0.25, -0.2) is 0 Å². The van der Waals surface area contributed by atoms with Gasteiger partial charge in [0.15, 0.2) is 0 Å². The summed E-state index contributed by atoms with van der Waals surface area (Å²) >= 11 is 5.94. The Morgan fingerprint density at radius 2 is 2.21 bits per heavy atom. The molecule has 0 aliphatic rings. The molecule has 3 N–H and O–H groups in total. The van der Waals surface area contributed by atoms with Crippen molar-refractivity contribution in [3.63, 3.8) is 0 Å². The molecule has 0 saturated carbocycles. The minimum atomic E-state index is -0.107. The van der Waals surface area contributed by atoms with Gasteiger partial charge < -0.3 is 15.5 Å². The maximum atomic E-state index is 11.8. The lowest BCUT2D eigenvalue weighted by Crippen LogP contribution is -2.30. The van der Waals surface area contributed by atoms with Crippen molar-refractivity contribution in [2.75, 3.05) is 13.2 Å². The zero-order valence-electron chi connectivity index (χ0n) is 11.0. The van der Waals surface area contributed by atoms with Crippen molar-refractivity contribution in [2.45, 2.75) is 26.2 Å². The van der Waals surface area contributed by atoms with Gasteiger partial charge in [-0.2, -0.15) is 0 Å². The fourth-order valence-corrected chi connectivity index (χ4v) is 2.05. The van der Waals surface area contributed by atoms with Gasteiger partial charge in [0, 0.05) is 18.2 Å². The van der Waals surface area contributed by atoms with E-state index in [1.165, 1.54) is 12.1 Å². The second kappa shape index (κ2) is 8.02. The van der Waals surface area contributed by atoms with Crippen LogP contribution in [0.3, 0.4) is 0 Å². The third-order valence-corrected chi connectivity index (χ3v) is 3.44. The van der Waals surface area contributed by atoms with E-state index in [9.17, 15) is 9.90 Å². The number of aliphatic hydroxyl groups is 1. The summed E-state index contributed by atoms with van der Waals surface area (Å²) in [6, 6.07) is 4.57. The van der Waals surface area contributed by atoms with Gasteiger partial charge in [-0.3, -0.25) is 4.79 Å². The third kappa shape index (κ3) is 5.49. The predicted octanol–water partition coefficient (Wildman–Crippen LogP) is 2.11. The molecule has 1 aromatic rings. The highest BCUT2D eigenvalue weighted by atomic mass is 35.5. The Kier molecular flexibility index (Phi) is 6.67. The molecule has 0 bridgehead atoms. The normalized spacial score (nSPS) is 12.2. The molecule has 5 heteroatoms. The second-order valence-electron chi connectivity index (χ2n) is 4.54. The molecule has 106 valence electrons. The van der Waals surface area contributed by atoms with E-state index in [1.54, 1.807) is 6.07 Å². The molecular weight excluding hydrogens is 266 g/mol. The maximum absolute atomic E-state index is 11.8. The first kappa shape index (κ1) is 15.8. The molecule has 0 aliphatic carbocycles. The number of hydrogen-bond acceptors (Lipinski definition) is 3. The average Bonchev–Trinajstić information content (AvgIpc) is 2.38. The molecule has 1 rings (SSSR count). The molecule has 1 amide bonds. The Balaban J connectivity index is 2.46. The standard InChI is InChI=1S/C14H20ClNO3/c1-2-10(5-6-17)9-16-14(19)7-11-3-4-12(18)8-13(11)15/h3-4,8,10,17-18H,2,5-7,9H2,1H3,(H,16,19). The molecule has 1 unspecified atom stereocenters. The highest BCUT2D eigenvalue weighted by molar-refractivity contribution is 6.31. The number of rotatable bonds is 7. The first-order chi connectivity index (χ1) is 9.06. The summed E-state index contributed by atoms with van der Waals surface area (Å²) in [5, 5.41) is 21.3. The van der Waals surface area contributed by atoms with Crippen LogP contribution in [0.15, 0.2) is 18.2 Å². The van der Waals surface area contributed by atoms with Gasteiger partial charge in [-0.1, -0.05) is 31.0 Å². The Hall–Kier alpha value is -1.26. The number of hydrogen-bond donors (Lipinski definition) is 3. The number of halogens is 1. The van der Waals surface area contributed by atoms with Crippen LogP contribution >= 0.6 is 11.6 Å². The zero-order valence-corrected chi connectivity index (χ0v) is 11.8. The van der Waals surface area contributed by atoms with E-state index >= 15 is 0 Å². The van der Waals surface area contributed by atoms with E-state index in [0.29, 0.717) is 29.5 Å². The van der Waals surface area contributed by atoms with E-state index in [0.717, 1.165) is 6.42 Å². The molecule has 1 atom stereocenters. The first-order valence-electron chi connectivity index (χ1n) is 6.41. The van der Waals surface area contributed by atoms with Crippen LogP contribution in [0.5, 0.6) is 5.75 Å². The van der Waals surface area contributed by atoms with Gasteiger partial charge in [-0.05, 0) is 30.0 Å². The maximum Gasteiger partial charge on any atom is 0.224 e. The van der Waals surface area contributed by atoms with Gasteiger partial charge >= 0.3 is 0 Å². The van der Waals surface area contributed by atoms with E-state index in [-0.39, 0.29) is 24.7 Å². The molecule has 0 fully saturated rings. The van der Waals surface area contributed by atoms with Crippen LogP contribution in [0, 0.1) is 5.92 Å². The summed E-state index contributed by atoms with van der Waals surface area (Å²) in [6.07, 6.45) is 1.80. The average molecular weight is 286 g/mol. The monoisotopic (exact) mass is 285 g/mol. The summed E-state index contributed by atoms with van der Waals surface area (Å²) in [7, 11) is 0. The summed E-state index contributed by atoms with van der Waals surface area (Å²) < 4.78 is 0. The summed E-state index contributed by atoms with van der Waals surface area (Å²) in [5.74, 6) is 0.274. The van der Waals surface area contributed by atoms with Crippen LogP contribution in [-0.2, 0) is 11.2 Å². The minimum absolute atomic E-state index is 0.0863. The number of phenolic OH excluding ortho intramolecular Hbond substituents is 1. The van der Waals surface area contributed by atoms with Crippen LogP contribution in [0.4, 0.5) is 0 Å². The number of carbonyl (C=O) groups is 1. The van der Waals surface area contributed by atoms with Crippen molar-refractivity contribution in [1.29, 1.82) is 0 Å². The van der Waals surface area contributed by atoms with Crippen molar-refractivity contribution in [1.82, 2.24) is 5.32 Å². The lowest BCUT2D eigenvalue weighted by atomic mass is 10.0. The van der Waals surface area contributed by atoms with Gasteiger partial charge in [0.1, 0.15) is 5.75 Å². The number of aliphatic hydroxyl groups excluding tert-OH is 1. The number of aromatic hydroxyl groups is 1. The van der Waals surface area contributed by atoms with E-state index in [1.807, 2.05) is 6.92 Å². The summed E-state index contributed by atoms with van der Waals surface area (Å²) in [5.41, 5.74) is 0.687. The number of nitrogens with one attached hydrogen (secondary N) is 1. The topological polar surface area (TPSA) is 69.6 Å². The van der Waals surface area contributed by atoms with Crippen molar-refractivity contribution < 1.29 is 15.0 Å². The molecule has 0 saturated heterocycles. The predicted molar refractivity (Wildman–Crippen MR) is 75.3 cm³/mol. The van der Waals surface area contributed by atoms with Gasteiger partial charge in [-0.15, -0.1) is 0 Å². The van der Waals surface area contributed by atoms with E-state index < -0.39 is 0 Å². The Bertz CT molecular complexity index is 423. The van der Waals surface area contributed by atoms with Gasteiger partial charge in [0.25, 0.3) is 0 Å². The molecule has 0 radical (unpaired) electrons. The second-order valence-corrected chi connectivity index (χ2v) is 4.95. The fourth-order valence-electron chi connectivity index (χ4n) is 1.81. The van der Waals surface area contributed by atoms with Gasteiger partial charge in [0.2, 0.25) is 5.91 Å². The van der Waals surface area contributed by atoms with Crippen molar-refractivity contribution in [2.24, 2.45) is 5.92 Å². The third-order valence-electron chi connectivity index (χ3n) is 3.09. The fraction of sp³-hybridized carbons (Fsp3) is 0.500. The number of phenols is 1. The lowest BCUT2D eigenvalue weighted by molar-refractivity contribution is -0.120. The van der Waals surface area contributed by atoms with Crippen LogP contribution in [0.25, 0.3) is 0 Å². The van der Waals surface area contributed by atoms with Crippen molar-refractivity contribution in [3.8, 4) is 5.75 Å².